The van der Waals surface area contributed by atoms with Crippen LogP contribution >= 0.6 is 54.5 Å². The lowest BCUT2D eigenvalue weighted by molar-refractivity contribution is 0.0698. The molecular formula is C35H40Br2IN9O3. The Balaban J connectivity index is 0.000000176. The Labute approximate surface area is 321 Å². The van der Waals surface area contributed by atoms with Crippen molar-refractivity contribution >= 4 is 83.0 Å². The third-order valence-corrected chi connectivity index (χ3v) is 10.9. The molecular weight excluding hydrogens is 881 g/mol. The molecule has 12 nitrogen and oxygen atoms in total. The fraction of sp³-hybridized carbons (Fsp3) is 0.457. The van der Waals surface area contributed by atoms with E-state index in [2.05, 4.69) is 90.6 Å². The number of ether oxygens (including phenoxy) is 2. The van der Waals surface area contributed by atoms with Crippen LogP contribution in [0.25, 0.3) is 22.6 Å². The van der Waals surface area contributed by atoms with Crippen molar-refractivity contribution < 1.29 is 14.3 Å². The molecule has 50 heavy (non-hydrogen) atoms. The molecule has 15 heteroatoms. The number of carbonyl (C=O) groups is 1. The zero-order valence-electron chi connectivity index (χ0n) is 27.8. The number of benzene rings is 1. The summed E-state index contributed by atoms with van der Waals surface area (Å²) in [4.78, 5) is 21.5. The molecule has 2 saturated heterocycles. The molecule has 1 aromatic carbocycles. The minimum Gasteiger partial charge on any atom is -0.382 e. The molecule has 3 fully saturated rings. The molecule has 0 bridgehead atoms. The second kappa shape index (κ2) is 16.2. The van der Waals surface area contributed by atoms with Gasteiger partial charge in [0.05, 0.1) is 29.5 Å². The standard InChI is InChI=1S/C23H26BrN5O2.C12H14BrIN4O/c1-14-10-16(2-5-18(14)23(30)27-17-3-4-17)20-13-26-22-19(11-21(24)28-29(20)22)25-12-15-6-8-31-9-7-15;13-10-5-9(12-16-7-11(14)18(12)17-10)15-6-8-1-3-19-4-2-8/h2,5,10-11,13,15,17,25H,3-4,6-9,12H2,1H3,(H,27,30);5,7-8,15H,1-4,6H2. The van der Waals surface area contributed by atoms with Crippen LogP contribution < -0.4 is 16.0 Å². The Morgan fingerprint density at radius 2 is 1.38 bits per heavy atom. The van der Waals surface area contributed by atoms with Gasteiger partial charge in [-0.2, -0.15) is 10.2 Å². The molecule has 4 aromatic heterocycles. The van der Waals surface area contributed by atoms with Gasteiger partial charge in [0.1, 0.15) is 12.9 Å². The van der Waals surface area contributed by atoms with E-state index in [1.54, 1.807) is 0 Å². The van der Waals surface area contributed by atoms with E-state index >= 15 is 0 Å². The number of anilines is 2. The number of rotatable bonds is 9. The van der Waals surface area contributed by atoms with Crippen molar-refractivity contribution in [1.29, 1.82) is 0 Å². The molecule has 1 amide bonds. The molecule has 8 rings (SSSR count). The largest absolute Gasteiger partial charge is 0.382 e. The van der Waals surface area contributed by atoms with Crippen LogP contribution in [-0.4, -0.2) is 80.7 Å². The fourth-order valence-electron chi connectivity index (χ4n) is 6.29. The van der Waals surface area contributed by atoms with Crippen LogP contribution in [-0.2, 0) is 9.47 Å². The fourth-order valence-corrected chi connectivity index (χ4v) is 7.54. The maximum absolute atomic E-state index is 12.5. The van der Waals surface area contributed by atoms with Crippen molar-refractivity contribution in [1.82, 2.24) is 34.5 Å². The van der Waals surface area contributed by atoms with Gasteiger partial charge >= 0.3 is 0 Å². The number of aryl methyl sites for hydroxylation is 1. The molecule has 0 atom stereocenters. The van der Waals surface area contributed by atoms with Crippen LogP contribution in [0.4, 0.5) is 11.4 Å². The predicted octanol–water partition coefficient (Wildman–Crippen LogP) is 7.13. The number of fused-ring (bicyclic) bond motifs is 2. The highest BCUT2D eigenvalue weighted by atomic mass is 127. The van der Waals surface area contributed by atoms with E-state index in [0.717, 1.165) is 136 Å². The normalized spacial score (nSPS) is 17.0. The van der Waals surface area contributed by atoms with Crippen LogP contribution in [0, 0.1) is 22.5 Å². The molecule has 6 heterocycles. The minimum atomic E-state index is 0.00478. The summed E-state index contributed by atoms with van der Waals surface area (Å²) in [5.74, 6) is 1.28. The summed E-state index contributed by atoms with van der Waals surface area (Å²) in [6.07, 6.45) is 10.2. The van der Waals surface area contributed by atoms with Crippen molar-refractivity contribution in [3.8, 4) is 11.3 Å². The smallest absolute Gasteiger partial charge is 0.251 e. The summed E-state index contributed by atoms with van der Waals surface area (Å²) < 4.78 is 17.1. The first-order chi connectivity index (χ1) is 24.3. The third kappa shape index (κ3) is 8.60. The number of nitrogens with one attached hydrogen (secondary N) is 3. The molecule has 3 aliphatic rings. The van der Waals surface area contributed by atoms with Gasteiger partial charge in [0.25, 0.3) is 5.91 Å². The average molecular weight is 921 g/mol. The number of nitrogens with zero attached hydrogens (tertiary/aromatic N) is 6. The number of aromatic nitrogens is 6. The lowest BCUT2D eigenvalue weighted by Gasteiger charge is -2.22. The lowest BCUT2D eigenvalue weighted by Crippen LogP contribution is -2.26. The molecule has 2 aliphatic heterocycles. The van der Waals surface area contributed by atoms with Gasteiger partial charge < -0.3 is 25.4 Å². The molecule has 1 aliphatic carbocycles. The van der Waals surface area contributed by atoms with Crippen molar-refractivity contribution in [2.45, 2.75) is 51.5 Å². The van der Waals surface area contributed by atoms with E-state index in [0.29, 0.717) is 17.9 Å². The quantitative estimate of drug-likeness (QED) is 0.132. The molecule has 0 unspecified atom stereocenters. The Hall–Kier alpha value is -2.86. The Morgan fingerprint density at radius 1 is 0.820 bits per heavy atom. The van der Waals surface area contributed by atoms with E-state index in [-0.39, 0.29) is 5.91 Å². The summed E-state index contributed by atoms with van der Waals surface area (Å²) in [5, 5.41) is 19.1. The average Bonchev–Trinajstić information content (AvgIpc) is 3.72. The first kappa shape index (κ1) is 35.5. The summed E-state index contributed by atoms with van der Waals surface area (Å²) >= 11 is 9.22. The van der Waals surface area contributed by atoms with Crippen LogP contribution in [0.15, 0.2) is 51.9 Å². The minimum absolute atomic E-state index is 0.00478. The lowest BCUT2D eigenvalue weighted by atomic mass is 10.0. The monoisotopic (exact) mass is 919 g/mol. The van der Waals surface area contributed by atoms with Crippen molar-refractivity contribution in [2.24, 2.45) is 11.8 Å². The number of hydrogen-bond acceptors (Lipinski definition) is 9. The van der Waals surface area contributed by atoms with Crippen LogP contribution in [0.2, 0.25) is 0 Å². The van der Waals surface area contributed by atoms with E-state index in [1.807, 2.05) is 58.7 Å². The summed E-state index contributed by atoms with van der Waals surface area (Å²) in [7, 11) is 0. The van der Waals surface area contributed by atoms with Gasteiger partial charge in [0, 0.05) is 56.7 Å². The van der Waals surface area contributed by atoms with Gasteiger partial charge in [-0.15, -0.1) is 0 Å². The molecule has 3 N–H and O–H groups in total. The molecule has 0 radical (unpaired) electrons. The predicted molar refractivity (Wildman–Crippen MR) is 209 cm³/mol. The zero-order chi connectivity index (χ0) is 34.6. The topological polar surface area (TPSA) is 132 Å². The van der Waals surface area contributed by atoms with E-state index in [1.165, 1.54) is 0 Å². The first-order valence-electron chi connectivity index (χ1n) is 17.1. The van der Waals surface area contributed by atoms with Gasteiger partial charge in [-0.05, 0) is 142 Å². The van der Waals surface area contributed by atoms with Gasteiger partial charge in [0.2, 0.25) is 0 Å². The Bertz CT molecular complexity index is 1970. The maximum Gasteiger partial charge on any atom is 0.251 e. The number of hydrogen-bond donors (Lipinski definition) is 3. The van der Waals surface area contributed by atoms with Crippen LogP contribution in [0.1, 0.15) is 54.4 Å². The van der Waals surface area contributed by atoms with Gasteiger partial charge in [-0.3, -0.25) is 4.79 Å². The number of halogens is 3. The third-order valence-electron chi connectivity index (χ3n) is 9.36. The number of imidazole rings is 2. The van der Waals surface area contributed by atoms with Gasteiger partial charge in [-0.1, -0.05) is 6.07 Å². The van der Waals surface area contributed by atoms with Crippen molar-refractivity contribution in [3.63, 3.8) is 0 Å². The van der Waals surface area contributed by atoms with E-state index < -0.39 is 0 Å². The first-order valence-corrected chi connectivity index (χ1v) is 19.8. The highest BCUT2D eigenvalue weighted by molar-refractivity contribution is 14.1. The molecule has 1 saturated carbocycles. The maximum atomic E-state index is 12.5. The molecule has 0 spiro atoms. The van der Waals surface area contributed by atoms with Crippen LogP contribution in [0.5, 0.6) is 0 Å². The van der Waals surface area contributed by atoms with E-state index in [9.17, 15) is 4.79 Å². The van der Waals surface area contributed by atoms with Gasteiger partial charge in [0.15, 0.2) is 11.3 Å². The zero-order valence-corrected chi connectivity index (χ0v) is 33.1. The highest BCUT2D eigenvalue weighted by Crippen LogP contribution is 2.29. The SMILES string of the molecule is Brc1cc(NCC2CCOCC2)c2ncc(I)n2n1.Cc1cc(-c2cnc3c(NCC4CCOCC4)cc(Br)nn23)ccc1C(=O)NC1CC1. The summed E-state index contributed by atoms with van der Waals surface area (Å²) in [6.45, 7) is 7.25. The molecule has 5 aromatic rings. The highest BCUT2D eigenvalue weighted by Gasteiger charge is 2.25. The number of amides is 1. The van der Waals surface area contributed by atoms with Crippen molar-refractivity contribution in [3.05, 3.63) is 66.8 Å². The summed E-state index contributed by atoms with van der Waals surface area (Å²) in [6, 6.07) is 10.2. The number of carbonyl (C=O) groups excluding carboxylic acids is 1. The van der Waals surface area contributed by atoms with Crippen LogP contribution in [0.3, 0.4) is 0 Å². The van der Waals surface area contributed by atoms with Gasteiger partial charge in [-0.25, -0.2) is 19.0 Å². The van der Waals surface area contributed by atoms with Crippen molar-refractivity contribution in [2.75, 3.05) is 50.2 Å². The Kier molecular flexibility index (Phi) is 11.5. The van der Waals surface area contributed by atoms with E-state index in [4.69, 9.17) is 9.47 Å². The second-order valence-electron chi connectivity index (χ2n) is 13.1. The Morgan fingerprint density at radius 3 is 1.96 bits per heavy atom. The summed E-state index contributed by atoms with van der Waals surface area (Å²) in [5.41, 5.74) is 7.18. The molecule has 264 valence electrons. The second-order valence-corrected chi connectivity index (χ2v) is 15.8.